The van der Waals surface area contributed by atoms with Crippen molar-refractivity contribution in [2.45, 2.75) is 39.2 Å². The van der Waals surface area contributed by atoms with Crippen LogP contribution < -0.4 is 5.32 Å². The van der Waals surface area contributed by atoms with Gasteiger partial charge in [0.25, 0.3) is 0 Å². The highest BCUT2D eigenvalue weighted by molar-refractivity contribution is 9.13. The Hall–Kier alpha value is 0.180. The molecule has 17 heavy (non-hydrogen) atoms. The fourth-order valence-corrected chi connectivity index (χ4v) is 3.74. The van der Waals surface area contributed by atoms with Crippen LogP contribution in [0.1, 0.15) is 44.0 Å². The molecule has 94 valence electrons. The fourth-order valence-electron chi connectivity index (χ4n) is 1.54. The molecule has 1 aromatic rings. The molecule has 0 spiro atoms. The Kier molecular flexibility index (Phi) is 7.45. The van der Waals surface area contributed by atoms with Crippen LogP contribution >= 0.6 is 43.2 Å². The zero-order valence-electron chi connectivity index (χ0n) is 10.1. The maximum Gasteiger partial charge on any atom is 0.0843 e. The third-order valence-corrected chi connectivity index (χ3v) is 5.75. The molecule has 0 aromatic carbocycles. The molecule has 1 nitrogen and oxygen atoms in total. The summed E-state index contributed by atoms with van der Waals surface area (Å²) in [5.74, 6) is 6.09. The Balaban J connectivity index is 2.69. The first-order chi connectivity index (χ1) is 8.19. The third kappa shape index (κ3) is 5.13. The molecule has 0 amide bonds. The lowest BCUT2D eigenvalue weighted by molar-refractivity contribution is 0.512. The van der Waals surface area contributed by atoms with E-state index >= 15 is 0 Å². The molecule has 1 N–H and O–H groups in total. The molecular weight excluding hydrogens is 362 g/mol. The molecule has 0 aliphatic heterocycles. The van der Waals surface area contributed by atoms with Crippen molar-refractivity contribution in [1.29, 1.82) is 0 Å². The maximum absolute atomic E-state index is 3.59. The Morgan fingerprint density at radius 2 is 2.24 bits per heavy atom. The van der Waals surface area contributed by atoms with Crippen LogP contribution in [0, 0.1) is 11.8 Å². The summed E-state index contributed by atoms with van der Waals surface area (Å²) < 4.78 is 2.31. The Morgan fingerprint density at radius 1 is 1.47 bits per heavy atom. The van der Waals surface area contributed by atoms with Gasteiger partial charge in [-0.3, -0.25) is 0 Å². The molecule has 0 radical (unpaired) electrons. The second-order valence-corrected chi connectivity index (χ2v) is 7.00. The first-order valence-corrected chi connectivity index (χ1v) is 8.17. The number of halogens is 2. The van der Waals surface area contributed by atoms with E-state index in [0.717, 1.165) is 34.1 Å². The van der Waals surface area contributed by atoms with Crippen LogP contribution in [-0.4, -0.2) is 6.54 Å². The fraction of sp³-hybridized carbons (Fsp3) is 0.538. The van der Waals surface area contributed by atoms with Crippen molar-refractivity contribution in [3.05, 3.63) is 19.2 Å². The smallest absolute Gasteiger partial charge is 0.0843 e. The standard InChI is InChI=1S/C13H17Br2NS/c1-3-5-6-7-11(16-8-4-2)12-9-10(14)13(15)17-12/h9,11,16H,4,6-8H2,1-2H3. The third-order valence-electron chi connectivity index (χ3n) is 2.38. The van der Waals surface area contributed by atoms with E-state index in [1.54, 1.807) is 11.3 Å². The van der Waals surface area contributed by atoms with Gasteiger partial charge in [0.15, 0.2) is 0 Å². The maximum atomic E-state index is 3.59. The van der Waals surface area contributed by atoms with E-state index in [1.165, 1.54) is 4.88 Å². The molecule has 0 saturated carbocycles. The lowest BCUT2D eigenvalue weighted by Crippen LogP contribution is -2.21. The molecular formula is C13H17Br2NS. The van der Waals surface area contributed by atoms with Crippen LogP contribution in [-0.2, 0) is 0 Å². The number of hydrogen-bond donors (Lipinski definition) is 1. The van der Waals surface area contributed by atoms with E-state index in [9.17, 15) is 0 Å². The predicted octanol–water partition coefficient (Wildman–Crippen LogP) is 5.12. The van der Waals surface area contributed by atoms with E-state index in [4.69, 9.17) is 0 Å². The second-order valence-electron chi connectivity index (χ2n) is 3.74. The van der Waals surface area contributed by atoms with E-state index in [0.29, 0.717) is 6.04 Å². The average Bonchev–Trinajstić information content (AvgIpc) is 2.64. The van der Waals surface area contributed by atoms with Gasteiger partial charge in [0.05, 0.1) is 3.79 Å². The van der Waals surface area contributed by atoms with E-state index in [2.05, 4.69) is 62.0 Å². The van der Waals surface area contributed by atoms with Gasteiger partial charge in [0, 0.05) is 21.8 Å². The summed E-state index contributed by atoms with van der Waals surface area (Å²) in [4.78, 5) is 1.37. The highest BCUT2D eigenvalue weighted by Gasteiger charge is 2.14. The largest absolute Gasteiger partial charge is 0.309 e. The van der Waals surface area contributed by atoms with Crippen LogP contribution in [0.3, 0.4) is 0 Å². The summed E-state index contributed by atoms with van der Waals surface area (Å²) in [5.41, 5.74) is 0. The summed E-state index contributed by atoms with van der Waals surface area (Å²) in [7, 11) is 0. The number of thiophene rings is 1. The quantitative estimate of drug-likeness (QED) is 0.677. The molecule has 0 fully saturated rings. The minimum Gasteiger partial charge on any atom is -0.309 e. The highest BCUT2D eigenvalue weighted by atomic mass is 79.9. The van der Waals surface area contributed by atoms with Crippen molar-refractivity contribution < 1.29 is 0 Å². The Morgan fingerprint density at radius 3 is 2.76 bits per heavy atom. The van der Waals surface area contributed by atoms with Crippen molar-refractivity contribution in [2.75, 3.05) is 6.54 Å². The summed E-state index contributed by atoms with van der Waals surface area (Å²) in [5, 5.41) is 3.59. The van der Waals surface area contributed by atoms with Gasteiger partial charge in [-0.25, -0.2) is 0 Å². The van der Waals surface area contributed by atoms with Crippen molar-refractivity contribution in [3.8, 4) is 11.8 Å². The van der Waals surface area contributed by atoms with Gasteiger partial charge in [-0.1, -0.05) is 6.92 Å². The molecule has 1 aromatic heterocycles. The van der Waals surface area contributed by atoms with Gasteiger partial charge in [-0.2, -0.15) is 0 Å². The number of rotatable bonds is 6. The zero-order valence-corrected chi connectivity index (χ0v) is 14.1. The summed E-state index contributed by atoms with van der Waals surface area (Å²) >= 11 is 8.88. The van der Waals surface area contributed by atoms with Crippen LogP contribution in [0.4, 0.5) is 0 Å². The van der Waals surface area contributed by atoms with Crippen LogP contribution in [0.2, 0.25) is 0 Å². The summed E-state index contributed by atoms with van der Waals surface area (Å²) in [6.07, 6.45) is 3.18. The van der Waals surface area contributed by atoms with E-state index < -0.39 is 0 Å². The zero-order chi connectivity index (χ0) is 12.7. The van der Waals surface area contributed by atoms with Gasteiger partial charge in [0.2, 0.25) is 0 Å². The molecule has 0 aliphatic carbocycles. The number of nitrogens with one attached hydrogen (secondary N) is 1. The van der Waals surface area contributed by atoms with Gasteiger partial charge in [-0.15, -0.1) is 23.2 Å². The normalized spacial score (nSPS) is 12.0. The van der Waals surface area contributed by atoms with Gasteiger partial charge in [0.1, 0.15) is 0 Å². The van der Waals surface area contributed by atoms with E-state index in [1.807, 2.05) is 6.92 Å². The monoisotopic (exact) mass is 377 g/mol. The Labute approximate surface area is 125 Å². The molecule has 0 aliphatic rings. The number of hydrogen-bond acceptors (Lipinski definition) is 2. The second kappa shape index (κ2) is 8.31. The summed E-state index contributed by atoms with van der Waals surface area (Å²) in [6.45, 7) is 5.14. The first-order valence-electron chi connectivity index (χ1n) is 5.76. The lowest BCUT2D eigenvalue weighted by Gasteiger charge is -2.15. The van der Waals surface area contributed by atoms with Gasteiger partial charge >= 0.3 is 0 Å². The Bertz CT molecular complexity index is 384. The van der Waals surface area contributed by atoms with E-state index in [-0.39, 0.29) is 0 Å². The van der Waals surface area contributed by atoms with Gasteiger partial charge in [-0.05, 0) is 64.2 Å². The molecule has 4 heteroatoms. The molecule has 0 saturated heterocycles. The molecule has 1 rings (SSSR count). The van der Waals surface area contributed by atoms with Crippen LogP contribution in [0.15, 0.2) is 14.3 Å². The minimum atomic E-state index is 0.420. The molecule has 1 unspecified atom stereocenters. The van der Waals surface area contributed by atoms with Crippen LogP contribution in [0.5, 0.6) is 0 Å². The SMILES string of the molecule is CC#CCCC(NCCC)c1cc(Br)c(Br)s1. The van der Waals surface area contributed by atoms with Crippen molar-refractivity contribution in [1.82, 2.24) is 5.32 Å². The first kappa shape index (κ1) is 15.2. The topological polar surface area (TPSA) is 12.0 Å². The average molecular weight is 379 g/mol. The lowest BCUT2D eigenvalue weighted by atomic mass is 10.1. The minimum absolute atomic E-state index is 0.420. The predicted molar refractivity (Wildman–Crippen MR) is 83.4 cm³/mol. The molecule has 0 bridgehead atoms. The van der Waals surface area contributed by atoms with Crippen molar-refractivity contribution in [3.63, 3.8) is 0 Å². The van der Waals surface area contributed by atoms with Crippen LogP contribution in [0.25, 0.3) is 0 Å². The summed E-state index contributed by atoms with van der Waals surface area (Å²) in [6, 6.07) is 2.62. The molecule has 1 atom stereocenters. The van der Waals surface area contributed by atoms with Gasteiger partial charge < -0.3 is 5.32 Å². The van der Waals surface area contributed by atoms with Crippen molar-refractivity contribution >= 4 is 43.2 Å². The molecule has 1 heterocycles. The van der Waals surface area contributed by atoms with Crippen molar-refractivity contribution in [2.24, 2.45) is 0 Å². The highest BCUT2D eigenvalue weighted by Crippen LogP contribution is 2.36.